The van der Waals surface area contributed by atoms with Crippen molar-refractivity contribution in [1.82, 2.24) is 19.7 Å². The maximum atomic E-state index is 13.2. The summed E-state index contributed by atoms with van der Waals surface area (Å²) in [5, 5.41) is 10.5. The maximum Gasteiger partial charge on any atom is 0.257 e. The van der Waals surface area contributed by atoms with Crippen LogP contribution < -0.4 is 5.32 Å². The van der Waals surface area contributed by atoms with E-state index in [1.54, 1.807) is 0 Å². The van der Waals surface area contributed by atoms with Gasteiger partial charge in [0.05, 0.1) is 11.3 Å². The van der Waals surface area contributed by atoms with Gasteiger partial charge in [-0.1, -0.05) is 45.2 Å². The molecule has 0 aliphatic heterocycles. The summed E-state index contributed by atoms with van der Waals surface area (Å²) in [6.45, 7) is 8.31. The summed E-state index contributed by atoms with van der Waals surface area (Å²) in [7, 11) is 0. The van der Waals surface area contributed by atoms with Gasteiger partial charge in [-0.25, -0.2) is 4.98 Å². The number of carbonyl (C=O) groups is 1. The number of hydrogen-bond acceptors (Lipinski definition) is 3. The van der Waals surface area contributed by atoms with Crippen molar-refractivity contribution in [3.63, 3.8) is 0 Å². The van der Waals surface area contributed by atoms with Crippen LogP contribution in [0.3, 0.4) is 0 Å². The second-order valence-electron chi connectivity index (χ2n) is 8.65. The van der Waals surface area contributed by atoms with Crippen LogP contribution in [0, 0.1) is 13.8 Å². The van der Waals surface area contributed by atoms with Crippen molar-refractivity contribution < 1.29 is 4.79 Å². The van der Waals surface area contributed by atoms with E-state index in [-0.39, 0.29) is 11.8 Å². The number of amides is 1. The highest BCUT2D eigenvalue weighted by atomic mass is 16.1. The van der Waals surface area contributed by atoms with E-state index in [0.717, 1.165) is 34.0 Å². The van der Waals surface area contributed by atoms with E-state index in [2.05, 4.69) is 52.8 Å². The number of benzene rings is 1. The number of aromatic amines is 1. The first-order chi connectivity index (χ1) is 14.5. The summed E-state index contributed by atoms with van der Waals surface area (Å²) in [5.74, 6) is 1.61. The Hall–Kier alpha value is -2.89. The fraction of sp³-hybridized carbons (Fsp3) is 0.458. The molecule has 0 bridgehead atoms. The van der Waals surface area contributed by atoms with Crippen LogP contribution in [0.25, 0.3) is 11.4 Å². The van der Waals surface area contributed by atoms with E-state index >= 15 is 0 Å². The Kier molecular flexibility index (Phi) is 5.75. The Labute approximate surface area is 178 Å². The van der Waals surface area contributed by atoms with Gasteiger partial charge in [0.1, 0.15) is 5.82 Å². The number of nitrogens with one attached hydrogen (secondary N) is 2. The molecular weight excluding hydrogens is 374 g/mol. The van der Waals surface area contributed by atoms with Gasteiger partial charge in [-0.3, -0.25) is 9.89 Å². The monoisotopic (exact) mass is 405 g/mol. The van der Waals surface area contributed by atoms with E-state index < -0.39 is 0 Å². The van der Waals surface area contributed by atoms with Crippen LogP contribution in [0.2, 0.25) is 0 Å². The van der Waals surface area contributed by atoms with Crippen LogP contribution in [0.5, 0.6) is 0 Å². The number of aromatic nitrogens is 4. The quantitative estimate of drug-likeness (QED) is 0.566. The first-order valence-corrected chi connectivity index (χ1v) is 11.0. The predicted molar refractivity (Wildman–Crippen MR) is 120 cm³/mol. The molecule has 0 radical (unpaired) electrons. The van der Waals surface area contributed by atoms with Gasteiger partial charge < -0.3 is 9.88 Å². The summed E-state index contributed by atoms with van der Waals surface area (Å²) < 4.78 is 2.37. The van der Waals surface area contributed by atoms with Crippen molar-refractivity contribution in [1.29, 1.82) is 0 Å². The van der Waals surface area contributed by atoms with Gasteiger partial charge in [0.2, 0.25) is 0 Å². The summed E-state index contributed by atoms with van der Waals surface area (Å²) in [5.41, 5.74) is 4.49. The number of carbonyl (C=O) groups excluding carboxylic acids is 1. The van der Waals surface area contributed by atoms with E-state index in [1.807, 2.05) is 30.3 Å². The number of H-pyrrole nitrogens is 1. The van der Waals surface area contributed by atoms with Crippen molar-refractivity contribution in [3.8, 4) is 11.4 Å². The minimum absolute atomic E-state index is 0.0859. The minimum atomic E-state index is -0.0859. The van der Waals surface area contributed by atoms with E-state index in [9.17, 15) is 4.79 Å². The normalized spacial score (nSPS) is 15.0. The molecule has 1 saturated carbocycles. The SMILES string of the molecule is Cc1cc(C(=O)Nc2ccccc2-c2n[nH]c(C(C)C)n2)c(C)n1C1CCCCC1. The zero-order chi connectivity index (χ0) is 21.3. The molecule has 1 aliphatic rings. The topological polar surface area (TPSA) is 75.6 Å². The highest BCUT2D eigenvalue weighted by Crippen LogP contribution is 2.33. The number of anilines is 1. The first kappa shape index (κ1) is 20.4. The highest BCUT2D eigenvalue weighted by molar-refractivity contribution is 6.07. The Morgan fingerprint density at radius 1 is 1.17 bits per heavy atom. The summed E-state index contributed by atoms with van der Waals surface area (Å²) >= 11 is 0. The van der Waals surface area contributed by atoms with Crippen LogP contribution in [0.15, 0.2) is 30.3 Å². The number of aryl methyl sites for hydroxylation is 1. The van der Waals surface area contributed by atoms with E-state index in [4.69, 9.17) is 0 Å². The third-order valence-electron chi connectivity index (χ3n) is 6.13. The zero-order valence-corrected chi connectivity index (χ0v) is 18.3. The molecule has 1 amide bonds. The van der Waals surface area contributed by atoms with E-state index in [1.165, 1.54) is 32.1 Å². The molecule has 0 spiro atoms. The van der Waals surface area contributed by atoms with Gasteiger partial charge in [-0.2, -0.15) is 5.10 Å². The second kappa shape index (κ2) is 8.46. The predicted octanol–water partition coefficient (Wildman–Crippen LogP) is 5.77. The highest BCUT2D eigenvalue weighted by Gasteiger charge is 2.23. The van der Waals surface area contributed by atoms with Crippen molar-refractivity contribution in [2.45, 2.75) is 71.8 Å². The van der Waals surface area contributed by atoms with Gasteiger partial charge in [0.25, 0.3) is 5.91 Å². The molecular formula is C24H31N5O. The molecule has 0 atom stereocenters. The van der Waals surface area contributed by atoms with Gasteiger partial charge in [-0.15, -0.1) is 0 Å². The van der Waals surface area contributed by atoms with Crippen molar-refractivity contribution in [3.05, 3.63) is 53.1 Å². The molecule has 6 heteroatoms. The third-order valence-corrected chi connectivity index (χ3v) is 6.13. The molecule has 1 fully saturated rings. The Bertz CT molecular complexity index is 1040. The zero-order valence-electron chi connectivity index (χ0n) is 18.3. The van der Waals surface area contributed by atoms with Crippen LogP contribution >= 0.6 is 0 Å². The van der Waals surface area contributed by atoms with Gasteiger partial charge in [0.15, 0.2) is 5.82 Å². The average molecular weight is 406 g/mol. The molecule has 1 aromatic carbocycles. The van der Waals surface area contributed by atoms with E-state index in [0.29, 0.717) is 11.9 Å². The van der Waals surface area contributed by atoms with Crippen LogP contribution in [-0.4, -0.2) is 25.7 Å². The largest absolute Gasteiger partial charge is 0.345 e. The number of rotatable bonds is 5. The van der Waals surface area contributed by atoms with Crippen LogP contribution in [0.1, 0.15) is 85.5 Å². The summed E-state index contributed by atoms with van der Waals surface area (Å²) in [6, 6.07) is 10.2. The minimum Gasteiger partial charge on any atom is -0.345 e. The fourth-order valence-corrected chi connectivity index (χ4v) is 4.54. The Balaban J connectivity index is 1.61. The molecule has 3 aromatic rings. The molecule has 1 aliphatic carbocycles. The lowest BCUT2D eigenvalue weighted by molar-refractivity contribution is 0.102. The lowest BCUT2D eigenvalue weighted by Gasteiger charge is -2.26. The fourth-order valence-electron chi connectivity index (χ4n) is 4.54. The second-order valence-corrected chi connectivity index (χ2v) is 8.65. The molecule has 4 rings (SSSR count). The molecule has 2 heterocycles. The maximum absolute atomic E-state index is 13.2. The van der Waals surface area contributed by atoms with Crippen molar-refractivity contribution in [2.24, 2.45) is 0 Å². The summed E-state index contributed by atoms with van der Waals surface area (Å²) in [6.07, 6.45) is 6.25. The van der Waals surface area contributed by atoms with Gasteiger partial charge in [-0.05, 0) is 44.9 Å². The number of para-hydroxylation sites is 1. The third kappa shape index (κ3) is 3.91. The van der Waals surface area contributed by atoms with Crippen LogP contribution in [0.4, 0.5) is 5.69 Å². The number of nitrogens with zero attached hydrogens (tertiary/aromatic N) is 3. The standard InChI is InChI=1S/C24H31N5O/c1-15(2)22-26-23(28-27-22)19-12-8-9-13-21(19)25-24(30)20-14-16(3)29(17(20)4)18-10-6-5-7-11-18/h8-9,12-15,18H,5-7,10-11H2,1-4H3,(H,25,30)(H,26,27,28). The lowest BCUT2D eigenvalue weighted by Crippen LogP contribution is -2.17. The molecule has 6 nitrogen and oxygen atoms in total. The lowest BCUT2D eigenvalue weighted by atomic mass is 9.95. The Morgan fingerprint density at radius 3 is 2.60 bits per heavy atom. The molecule has 30 heavy (non-hydrogen) atoms. The van der Waals surface area contributed by atoms with Gasteiger partial charge in [0, 0.05) is 28.9 Å². The molecule has 2 N–H and O–H groups in total. The molecule has 158 valence electrons. The van der Waals surface area contributed by atoms with Crippen molar-refractivity contribution in [2.75, 3.05) is 5.32 Å². The smallest absolute Gasteiger partial charge is 0.257 e. The van der Waals surface area contributed by atoms with Crippen LogP contribution in [-0.2, 0) is 0 Å². The molecule has 0 unspecified atom stereocenters. The van der Waals surface area contributed by atoms with Crippen molar-refractivity contribution >= 4 is 11.6 Å². The number of hydrogen-bond donors (Lipinski definition) is 2. The summed E-state index contributed by atoms with van der Waals surface area (Å²) in [4.78, 5) is 17.8. The Morgan fingerprint density at radius 2 is 1.90 bits per heavy atom. The average Bonchev–Trinajstić information content (AvgIpc) is 3.34. The first-order valence-electron chi connectivity index (χ1n) is 11.0. The molecule has 0 saturated heterocycles. The molecule has 2 aromatic heterocycles. The van der Waals surface area contributed by atoms with Gasteiger partial charge >= 0.3 is 0 Å².